The number of hydrazine groups is 1. The van der Waals surface area contributed by atoms with Crippen LogP contribution >= 0.6 is 0 Å². The Balaban J connectivity index is 2.35. The molecule has 1 aliphatic heterocycles. The van der Waals surface area contributed by atoms with Crippen LogP contribution in [0.25, 0.3) is 0 Å². The van der Waals surface area contributed by atoms with Gasteiger partial charge in [-0.25, -0.2) is 4.79 Å². The molecule has 0 saturated heterocycles. The summed E-state index contributed by atoms with van der Waals surface area (Å²) in [6.45, 7) is 5.20. The number of nitrogens with one attached hydrogen (secondary N) is 1. The Kier molecular flexibility index (Phi) is 3.65. The third-order valence-electron chi connectivity index (χ3n) is 3.29. The van der Waals surface area contributed by atoms with Crippen LogP contribution in [0.1, 0.15) is 32.3 Å². The fourth-order valence-corrected chi connectivity index (χ4v) is 2.00. The topological polar surface area (TPSA) is 108 Å². The number of anilines is 1. The molecule has 0 radical (unpaired) electrons. The van der Waals surface area contributed by atoms with Gasteiger partial charge in [-0.15, -0.1) is 0 Å². The first kappa shape index (κ1) is 14.9. The Labute approximate surface area is 121 Å². The molecule has 2 N–H and O–H groups in total. The summed E-state index contributed by atoms with van der Waals surface area (Å²) in [6.07, 6.45) is 1.25. The lowest BCUT2D eigenvalue weighted by atomic mass is 10.0. The highest BCUT2D eigenvalue weighted by molar-refractivity contribution is 6.00. The van der Waals surface area contributed by atoms with Crippen LogP contribution in [0.2, 0.25) is 0 Å². The molecule has 0 saturated carbocycles. The highest BCUT2D eigenvalue weighted by atomic mass is 16.6. The minimum atomic E-state index is -1.33. The number of hydrogen-bond acceptors (Lipinski definition) is 6. The molecule has 1 aromatic carbocycles. The molecule has 8 nitrogen and oxygen atoms in total. The van der Waals surface area contributed by atoms with Gasteiger partial charge in [0.25, 0.3) is 5.69 Å². The first-order valence-electron chi connectivity index (χ1n) is 6.39. The molecule has 0 fully saturated rings. The lowest BCUT2D eigenvalue weighted by molar-refractivity contribution is -0.385. The minimum absolute atomic E-state index is 0.0107. The number of benzene rings is 1. The molecule has 21 heavy (non-hydrogen) atoms. The van der Waals surface area contributed by atoms with Crippen LogP contribution in [0.15, 0.2) is 23.3 Å². The summed E-state index contributed by atoms with van der Waals surface area (Å²) in [6, 6.07) is 4.71. The first-order valence-corrected chi connectivity index (χ1v) is 6.39. The maximum absolute atomic E-state index is 11.2. The second kappa shape index (κ2) is 5.13. The Morgan fingerprint density at radius 3 is 2.67 bits per heavy atom. The second-order valence-electron chi connectivity index (χ2n) is 5.33. The zero-order valence-corrected chi connectivity index (χ0v) is 11.9. The van der Waals surface area contributed by atoms with E-state index in [0.29, 0.717) is 11.3 Å². The summed E-state index contributed by atoms with van der Waals surface area (Å²) < 4.78 is 0. The molecule has 1 aliphatic rings. The highest BCUT2D eigenvalue weighted by Gasteiger charge is 2.38. The van der Waals surface area contributed by atoms with Crippen LogP contribution in [0.4, 0.5) is 11.4 Å². The average Bonchev–Trinajstić information content (AvgIpc) is 2.82. The lowest BCUT2D eigenvalue weighted by Crippen LogP contribution is -2.51. The summed E-state index contributed by atoms with van der Waals surface area (Å²) in [5.74, 6) is -1.07. The SMILES string of the molecule is CC(C)c1ccc(N2N=CC(C)(C(=O)O)N2)cc1[N+](=O)[O-]. The van der Waals surface area contributed by atoms with E-state index >= 15 is 0 Å². The number of nitro groups is 1. The highest BCUT2D eigenvalue weighted by Crippen LogP contribution is 2.31. The van der Waals surface area contributed by atoms with Gasteiger partial charge in [-0.1, -0.05) is 13.8 Å². The van der Waals surface area contributed by atoms with E-state index < -0.39 is 16.4 Å². The van der Waals surface area contributed by atoms with Crippen molar-refractivity contribution in [1.82, 2.24) is 5.43 Å². The molecule has 0 spiro atoms. The largest absolute Gasteiger partial charge is 0.480 e. The number of carboxylic acids is 1. The predicted molar refractivity (Wildman–Crippen MR) is 77.3 cm³/mol. The van der Waals surface area contributed by atoms with Crippen LogP contribution in [0.5, 0.6) is 0 Å². The van der Waals surface area contributed by atoms with Gasteiger partial charge in [0.05, 0.1) is 16.8 Å². The Morgan fingerprint density at radius 2 is 2.19 bits per heavy atom. The number of carbonyl (C=O) groups is 1. The van der Waals surface area contributed by atoms with Crippen molar-refractivity contribution >= 4 is 23.6 Å². The molecular weight excluding hydrogens is 276 g/mol. The minimum Gasteiger partial charge on any atom is -0.480 e. The van der Waals surface area contributed by atoms with E-state index in [0.717, 1.165) is 0 Å². The zero-order chi connectivity index (χ0) is 15.8. The summed E-state index contributed by atoms with van der Waals surface area (Å²) in [7, 11) is 0. The van der Waals surface area contributed by atoms with Crippen molar-refractivity contribution in [3.05, 3.63) is 33.9 Å². The van der Waals surface area contributed by atoms with Gasteiger partial charge < -0.3 is 5.11 Å². The van der Waals surface area contributed by atoms with E-state index in [4.69, 9.17) is 5.11 Å². The smallest absolute Gasteiger partial charge is 0.331 e. The molecule has 0 amide bonds. The van der Waals surface area contributed by atoms with Crippen molar-refractivity contribution in [2.24, 2.45) is 5.10 Å². The maximum atomic E-state index is 11.2. The van der Waals surface area contributed by atoms with Gasteiger partial charge in [-0.3, -0.25) is 10.1 Å². The van der Waals surface area contributed by atoms with Crippen molar-refractivity contribution in [2.75, 3.05) is 5.12 Å². The monoisotopic (exact) mass is 292 g/mol. The van der Waals surface area contributed by atoms with E-state index in [1.807, 2.05) is 13.8 Å². The quantitative estimate of drug-likeness (QED) is 0.648. The molecule has 112 valence electrons. The van der Waals surface area contributed by atoms with E-state index in [1.54, 1.807) is 12.1 Å². The predicted octanol–water partition coefficient (Wildman–Crippen LogP) is 1.87. The summed E-state index contributed by atoms with van der Waals surface area (Å²) in [5.41, 5.74) is 2.38. The number of rotatable bonds is 4. The molecule has 1 aromatic rings. The number of aliphatic carboxylic acids is 1. The number of hydrazone groups is 1. The van der Waals surface area contributed by atoms with Crippen molar-refractivity contribution in [1.29, 1.82) is 0 Å². The number of nitrogens with zero attached hydrogens (tertiary/aromatic N) is 3. The van der Waals surface area contributed by atoms with E-state index in [-0.39, 0.29) is 11.6 Å². The van der Waals surface area contributed by atoms with Gasteiger partial charge in [-0.05, 0) is 25.0 Å². The molecule has 1 unspecified atom stereocenters. The molecule has 1 heterocycles. The molecule has 2 rings (SSSR count). The fourth-order valence-electron chi connectivity index (χ4n) is 2.00. The van der Waals surface area contributed by atoms with Crippen LogP contribution in [0.3, 0.4) is 0 Å². The van der Waals surface area contributed by atoms with Crippen LogP contribution in [-0.4, -0.2) is 27.8 Å². The maximum Gasteiger partial charge on any atom is 0.331 e. The lowest BCUT2D eigenvalue weighted by Gasteiger charge is -2.21. The normalized spacial score (nSPS) is 21.0. The molecule has 0 aromatic heterocycles. The van der Waals surface area contributed by atoms with Crippen LogP contribution < -0.4 is 10.5 Å². The van der Waals surface area contributed by atoms with Crippen molar-refractivity contribution in [3.63, 3.8) is 0 Å². The van der Waals surface area contributed by atoms with E-state index in [2.05, 4.69) is 10.5 Å². The fraction of sp³-hybridized carbons (Fsp3) is 0.385. The Morgan fingerprint density at radius 1 is 1.52 bits per heavy atom. The molecule has 8 heteroatoms. The van der Waals surface area contributed by atoms with Crippen molar-refractivity contribution in [2.45, 2.75) is 32.2 Å². The zero-order valence-electron chi connectivity index (χ0n) is 11.9. The Bertz CT molecular complexity index is 629. The van der Waals surface area contributed by atoms with Gasteiger partial charge in [0.15, 0.2) is 5.54 Å². The number of carboxylic acid groups (broad SMARTS) is 1. The van der Waals surface area contributed by atoms with E-state index in [1.165, 1.54) is 24.3 Å². The van der Waals surface area contributed by atoms with E-state index in [9.17, 15) is 14.9 Å². The average molecular weight is 292 g/mol. The van der Waals surface area contributed by atoms with Gasteiger partial charge in [-0.2, -0.15) is 15.6 Å². The third-order valence-corrected chi connectivity index (χ3v) is 3.29. The van der Waals surface area contributed by atoms with Crippen molar-refractivity contribution in [3.8, 4) is 0 Å². The molecule has 0 bridgehead atoms. The molecular formula is C13H16N4O4. The number of hydrogen-bond donors (Lipinski definition) is 2. The number of nitro benzene ring substituents is 1. The third kappa shape index (κ3) is 2.70. The molecule has 1 atom stereocenters. The summed E-state index contributed by atoms with van der Waals surface area (Å²) >= 11 is 0. The standard InChI is InChI=1S/C13H16N4O4/c1-8(2)10-5-4-9(6-11(10)17(20)21)16-14-7-13(3,15-16)12(18)19/h4-8,15H,1-3H3,(H,18,19). The summed E-state index contributed by atoms with van der Waals surface area (Å²) in [5, 5.41) is 25.4. The van der Waals surface area contributed by atoms with Gasteiger partial charge in [0, 0.05) is 11.6 Å². The second-order valence-corrected chi connectivity index (χ2v) is 5.33. The van der Waals surface area contributed by atoms with Crippen molar-refractivity contribution < 1.29 is 14.8 Å². The Hall–Kier alpha value is -2.48. The first-order chi connectivity index (χ1) is 9.74. The van der Waals surface area contributed by atoms with Crippen LogP contribution in [-0.2, 0) is 4.79 Å². The van der Waals surface area contributed by atoms with Crippen LogP contribution in [0, 0.1) is 10.1 Å². The van der Waals surface area contributed by atoms with Gasteiger partial charge >= 0.3 is 5.97 Å². The van der Waals surface area contributed by atoms with Gasteiger partial charge in [0.1, 0.15) is 0 Å². The summed E-state index contributed by atoms with van der Waals surface area (Å²) in [4.78, 5) is 21.8. The van der Waals surface area contributed by atoms with Gasteiger partial charge in [0.2, 0.25) is 0 Å². The molecule has 0 aliphatic carbocycles.